The van der Waals surface area contributed by atoms with Crippen molar-refractivity contribution in [2.75, 3.05) is 13.1 Å². The van der Waals surface area contributed by atoms with Crippen LogP contribution in [0, 0.1) is 6.92 Å². The van der Waals surface area contributed by atoms with Gasteiger partial charge in [0.1, 0.15) is 5.69 Å². The van der Waals surface area contributed by atoms with Crippen molar-refractivity contribution in [2.45, 2.75) is 25.8 Å². The average Bonchev–Trinajstić information content (AvgIpc) is 2.61. The highest BCUT2D eigenvalue weighted by Crippen LogP contribution is 2.05. The summed E-state index contributed by atoms with van der Waals surface area (Å²) in [7, 11) is 1.84. The first kappa shape index (κ1) is 14.0. The number of hydrogen-bond donors (Lipinski definition) is 2. The number of hydrogen-bond acceptors (Lipinski definition) is 3. The molecular formula is C11H19ClN4O. The van der Waals surface area contributed by atoms with E-state index in [1.807, 2.05) is 20.0 Å². The van der Waals surface area contributed by atoms with E-state index in [2.05, 4.69) is 15.7 Å². The van der Waals surface area contributed by atoms with Crippen LogP contribution in [-0.2, 0) is 7.05 Å². The number of amides is 1. The van der Waals surface area contributed by atoms with Gasteiger partial charge in [-0.3, -0.25) is 9.48 Å². The molecular weight excluding hydrogens is 240 g/mol. The predicted molar refractivity (Wildman–Crippen MR) is 68.6 cm³/mol. The van der Waals surface area contributed by atoms with Crippen molar-refractivity contribution >= 4 is 18.3 Å². The van der Waals surface area contributed by atoms with Crippen LogP contribution in [-0.4, -0.2) is 34.8 Å². The molecule has 0 bridgehead atoms. The lowest BCUT2D eigenvalue weighted by Gasteiger charge is -2.23. The molecule has 0 aromatic carbocycles. The number of aryl methyl sites for hydroxylation is 2. The van der Waals surface area contributed by atoms with Gasteiger partial charge in [0.15, 0.2) is 0 Å². The Morgan fingerprint density at radius 3 is 2.94 bits per heavy atom. The maximum absolute atomic E-state index is 11.9. The second-order valence-electron chi connectivity index (χ2n) is 4.31. The van der Waals surface area contributed by atoms with Crippen LogP contribution in [0.25, 0.3) is 0 Å². The first-order chi connectivity index (χ1) is 7.66. The molecule has 0 aliphatic carbocycles. The Bertz CT molecular complexity index is 365. The fraction of sp³-hybridized carbons (Fsp3) is 0.636. The van der Waals surface area contributed by atoms with Crippen LogP contribution in [0.15, 0.2) is 6.07 Å². The van der Waals surface area contributed by atoms with E-state index in [1.165, 1.54) is 0 Å². The molecule has 1 aromatic rings. The minimum Gasteiger partial charge on any atom is -0.347 e. The summed E-state index contributed by atoms with van der Waals surface area (Å²) in [6.07, 6.45) is 2.16. The SMILES string of the molecule is Cc1cc(C(=O)N[C@H]2CCCNC2)nn1C.Cl. The molecule has 0 unspecified atom stereocenters. The second kappa shape index (κ2) is 6.02. The maximum Gasteiger partial charge on any atom is 0.272 e. The molecule has 1 atom stereocenters. The molecule has 5 nitrogen and oxygen atoms in total. The van der Waals surface area contributed by atoms with Gasteiger partial charge in [0.05, 0.1) is 0 Å². The quantitative estimate of drug-likeness (QED) is 0.818. The monoisotopic (exact) mass is 258 g/mol. The molecule has 0 saturated carbocycles. The van der Waals surface area contributed by atoms with Crippen LogP contribution < -0.4 is 10.6 Å². The van der Waals surface area contributed by atoms with Crippen molar-refractivity contribution in [2.24, 2.45) is 7.05 Å². The normalized spacial score (nSPS) is 19.5. The molecule has 2 heterocycles. The third-order valence-electron chi connectivity index (χ3n) is 2.98. The standard InChI is InChI=1S/C11H18N4O.ClH/c1-8-6-10(14-15(8)2)11(16)13-9-4-3-5-12-7-9;/h6,9,12H,3-5,7H2,1-2H3,(H,13,16);1H/t9-;/m0./s1. The third-order valence-corrected chi connectivity index (χ3v) is 2.98. The second-order valence-corrected chi connectivity index (χ2v) is 4.31. The van der Waals surface area contributed by atoms with E-state index in [0.717, 1.165) is 31.6 Å². The Morgan fingerprint density at radius 2 is 2.41 bits per heavy atom. The topological polar surface area (TPSA) is 59.0 Å². The van der Waals surface area contributed by atoms with Crippen molar-refractivity contribution in [3.05, 3.63) is 17.5 Å². The minimum absolute atomic E-state index is 0. The maximum atomic E-state index is 11.9. The van der Waals surface area contributed by atoms with Gasteiger partial charge in [-0.25, -0.2) is 0 Å². The van der Waals surface area contributed by atoms with Crippen LogP contribution in [0.2, 0.25) is 0 Å². The first-order valence-corrected chi connectivity index (χ1v) is 5.69. The Balaban J connectivity index is 0.00000144. The summed E-state index contributed by atoms with van der Waals surface area (Å²) in [5, 5.41) is 10.4. The van der Waals surface area contributed by atoms with Gasteiger partial charge in [-0.05, 0) is 32.4 Å². The molecule has 17 heavy (non-hydrogen) atoms. The Kier molecular flexibility index (Phi) is 4.96. The fourth-order valence-corrected chi connectivity index (χ4v) is 1.91. The number of nitrogens with zero attached hydrogens (tertiary/aromatic N) is 2. The molecule has 96 valence electrons. The van der Waals surface area contributed by atoms with Crippen molar-refractivity contribution in [1.29, 1.82) is 0 Å². The fourth-order valence-electron chi connectivity index (χ4n) is 1.91. The van der Waals surface area contributed by atoms with Crippen molar-refractivity contribution in [3.8, 4) is 0 Å². The van der Waals surface area contributed by atoms with E-state index in [9.17, 15) is 4.79 Å². The zero-order valence-electron chi connectivity index (χ0n) is 10.2. The third kappa shape index (κ3) is 3.44. The van der Waals surface area contributed by atoms with Crippen molar-refractivity contribution < 1.29 is 4.79 Å². The van der Waals surface area contributed by atoms with Gasteiger partial charge >= 0.3 is 0 Å². The Labute approximate surface area is 107 Å². The van der Waals surface area contributed by atoms with Crippen LogP contribution >= 0.6 is 12.4 Å². The summed E-state index contributed by atoms with van der Waals surface area (Å²) in [4.78, 5) is 11.9. The van der Waals surface area contributed by atoms with E-state index in [-0.39, 0.29) is 24.4 Å². The Morgan fingerprint density at radius 1 is 1.65 bits per heavy atom. The van der Waals surface area contributed by atoms with Crippen LogP contribution in [0.4, 0.5) is 0 Å². The highest BCUT2D eigenvalue weighted by atomic mass is 35.5. The van der Waals surface area contributed by atoms with Gasteiger partial charge in [-0.2, -0.15) is 5.10 Å². The smallest absolute Gasteiger partial charge is 0.272 e. The summed E-state index contributed by atoms with van der Waals surface area (Å²) in [6.45, 7) is 3.85. The highest BCUT2D eigenvalue weighted by Gasteiger charge is 2.18. The molecule has 1 amide bonds. The van der Waals surface area contributed by atoms with Crippen molar-refractivity contribution in [1.82, 2.24) is 20.4 Å². The van der Waals surface area contributed by atoms with Crippen LogP contribution in [0.1, 0.15) is 29.0 Å². The summed E-state index contributed by atoms with van der Waals surface area (Å²) in [5.74, 6) is -0.0719. The van der Waals surface area contributed by atoms with Gasteiger partial charge in [0.2, 0.25) is 0 Å². The van der Waals surface area contributed by atoms with Gasteiger partial charge in [0, 0.05) is 25.3 Å². The lowest BCUT2D eigenvalue weighted by atomic mass is 10.1. The van der Waals surface area contributed by atoms with E-state index < -0.39 is 0 Å². The molecule has 1 aliphatic heterocycles. The molecule has 2 rings (SSSR count). The van der Waals surface area contributed by atoms with Crippen LogP contribution in [0.5, 0.6) is 0 Å². The van der Waals surface area contributed by atoms with Gasteiger partial charge in [-0.1, -0.05) is 0 Å². The molecule has 0 spiro atoms. The average molecular weight is 259 g/mol. The minimum atomic E-state index is -0.0719. The van der Waals surface area contributed by atoms with E-state index in [4.69, 9.17) is 0 Å². The van der Waals surface area contributed by atoms with E-state index in [0.29, 0.717) is 5.69 Å². The Hall–Kier alpha value is -1.07. The van der Waals surface area contributed by atoms with Crippen molar-refractivity contribution in [3.63, 3.8) is 0 Å². The number of piperidine rings is 1. The predicted octanol–water partition coefficient (Wildman–Crippen LogP) is 0.632. The molecule has 1 fully saturated rings. The molecule has 6 heteroatoms. The number of aromatic nitrogens is 2. The summed E-state index contributed by atoms with van der Waals surface area (Å²) >= 11 is 0. The molecule has 2 N–H and O–H groups in total. The molecule has 0 radical (unpaired) electrons. The largest absolute Gasteiger partial charge is 0.347 e. The number of halogens is 1. The lowest BCUT2D eigenvalue weighted by molar-refractivity contribution is 0.0925. The lowest BCUT2D eigenvalue weighted by Crippen LogP contribution is -2.45. The van der Waals surface area contributed by atoms with Gasteiger partial charge in [0.25, 0.3) is 5.91 Å². The molecule has 1 aliphatic rings. The summed E-state index contributed by atoms with van der Waals surface area (Å²) in [6, 6.07) is 2.05. The number of carbonyl (C=O) groups is 1. The number of nitrogens with one attached hydrogen (secondary N) is 2. The van der Waals surface area contributed by atoms with Gasteiger partial charge < -0.3 is 10.6 Å². The first-order valence-electron chi connectivity index (χ1n) is 5.69. The van der Waals surface area contributed by atoms with Gasteiger partial charge in [-0.15, -0.1) is 12.4 Å². The molecule has 1 saturated heterocycles. The number of rotatable bonds is 2. The molecule has 1 aromatic heterocycles. The van der Waals surface area contributed by atoms with E-state index >= 15 is 0 Å². The van der Waals surface area contributed by atoms with Crippen LogP contribution in [0.3, 0.4) is 0 Å². The zero-order chi connectivity index (χ0) is 11.5. The summed E-state index contributed by atoms with van der Waals surface area (Å²) in [5.41, 5.74) is 1.50. The summed E-state index contributed by atoms with van der Waals surface area (Å²) < 4.78 is 1.72. The van der Waals surface area contributed by atoms with E-state index in [1.54, 1.807) is 4.68 Å². The highest BCUT2D eigenvalue weighted by molar-refractivity contribution is 5.92. The zero-order valence-corrected chi connectivity index (χ0v) is 11.0. The number of carbonyl (C=O) groups excluding carboxylic acids is 1.